The predicted molar refractivity (Wildman–Crippen MR) is 149 cm³/mol. The molecule has 36 heavy (non-hydrogen) atoms. The number of rotatable bonds is 7. The lowest BCUT2D eigenvalue weighted by molar-refractivity contribution is -0.130. The van der Waals surface area contributed by atoms with Crippen LogP contribution in [0.1, 0.15) is 38.7 Å². The largest absolute Gasteiger partial charge is 0.340 e. The molecule has 0 aromatic heterocycles. The second-order valence-electron chi connectivity index (χ2n) is 9.29. The van der Waals surface area contributed by atoms with Crippen LogP contribution in [0.2, 0.25) is 0 Å². The predicted octanol–water partition coefficient (Wildman–Crippen LogP) is 5.86. The molecule has 5 heteroatoms. The van der Waals surface area contributed by atoms with Gasteiger partial charge in [0, 0.05) is 45.2 Å². The Hall–Kier alpha value is -3.44. The van der Waals surface area contributed by atoms with E-state index >= 15 is 0 Å². The average molecular weight is 486 g/mol. The van der Waals surface area contributed by atoms with Crippen LogP contribution >= 0.6 is 0 Å². The molecule has 0 spiro atoms. The highest BCUT2D eigenvalue weighted by Gasteiger charge is 2.16. The summed E-state index contributed by atoms with van der Waals surface area (Å²) in [6, 6.07) is 28.8. The molecule has 0 atom stereocenters. The Balaban J connectivity index is 0.000000303. The summed E-state index contributed by atoms with van der Waals surface area (Å²) in [7, 11) is 2.08. The number of likely N-dealkylation sites (N-methyl/N-ethyl adjacent to an activating group) is 1. The van der Waals surface area contributed by atoms with Crippen molar-refractivity contribution in [2.75, 3.05) is 38.1 Å². The van der Waals surface area contributed by atoms with Gasteiger partial charge in [0.2, 0.25) is 11.8 Å². The summed E-state index contributed by atoms with van der Waals surface area (Å²) in [5.41, 5.74) is 4.50. The first-order valence-corrected chi connectivity index (χ1v) is 12.9. The highest BCUT2D eigenvalue weighted by atomic mass is 16.2. The normalized spacial score (nSPS) is 13.5. The van der Waals surface area contributed by atoms with Crippen molar-refractivity contribution in [1.29, 1.82) is 0 Å². The zero-order valence-electron chi connectivity index (χ0n) is 21.9. The van der Waals surface area contributed by atoms with E-state index < -0.39 is 0 Å². The van der Waals surface area contributed by atoms with Crippen LogP contribution in [0, 0.1) is 0 Å². The Morgan fingerprint density at radius 2 is 1.33 bits per heavy atom. The standard InChI is InChI=1S/C24H25NO.C7H14N2O/c1-2-3-14-24(26)25(23-12-8-5-9-13-23)19-20-15-17-22(18-16-20)21-10-6-4-7-11-21;1-7(10)9-5-3-8(2)4-6-9/h4-13,15-18H,2-3,14,19H2,1H3;3-6H2,1-2H3. The third kappa shape index (κ3) is 8.35. The van der Waals surface area contributed by atoms with Crippen molar-refractivity contribution in [3.63, 3.8) is 0 Å². The molecule has 1 aliphatic heterocycles. The third-order valence-corrected chi connectivity index (χ3v) is 6.46. The smallest absolute Gasteiger partial charge is 0.227 e. The molecule has 1 saturated heterocycles. The van der Waals surface area contributed by atoms with Gasteiger partial charge in [0.15, 0.2) is 0 Å². The second kappa shape index (κ2) is 14.2. The number of piperazine rings is 1. The van der Waals surface area contributed by atoms with Gasteiger partial charge in [-0.05, 0) is 42.3 Å². The van der Waals surface area contributed by atoms with Crippen molar-refractivity contribution in [2.24, 2.45) is 0 Å². The number of carbonyl (C=O) groups excluding carboxylic acids is 2. The van der Waals surface area contributed by atoms with Crippen molar-refractivity contribution in [2.45, 2.75) is 39.7 Å². The van der Waals surface area contributed by atoms with Gasteiger partial charge < -0.3 is 14.7 Å². The van der Waals surface area contributed by atoms with Gasteiger partial charge >= 0.3 is 0 Å². The number of nitrogens with zero attached hydrogens (tertiary/aromatic N) is 3. The number of carbonyl (C=O) groups is 2. The van der Waals surface area contributed by atoms with Gasteiger partial charge in [-0.3, -0.25) is 9.59 Å². The molecule has 0 N–H and O–H groups in total. The van der Waals surface area contributed by atoms with E-state index in [0.29, 0.717) is 13.0 Å². The van der Waals surface area contributed by atoms with Crippen LogP contribution in [0.25, 0.3) is 11.1 Å². The van der Waals surface area contributed by atoms with Gasteiger partial charge in [-0.2, -0.15) is 0 Å². The van der Waals surface area contributed by atoms with Crippen molar-refractivity contribution in [1.82, 2.24) is 9.80 Å². The minimum Gasteiger partial charge on any atom is -0.340 e. The molecule has 1 heterocycles. The average Bonchev–Trinajstić information content (AvgIpc) is 2.92. The molecular formula is C31H39N3O2. The van der Waals surface area contributed by atoms with E-state index in [2.05, 4.69) is 55.3 Å². The van der Waals surface area contributed by atoms with Crippen molar-refractivity contribution in [3.05, 3.63) is 90.5 Å². The Morgan fingerprint density at radius 1 is 0.778 bits per heavy atom. The van der Waals surface area contributed by atoms with Crippen LogP contribution in [0.4, 0.5) is 5.69 Å². The van der Waals surface area contributed by atoms with Gasteiger partial charge in [-0.15, -0.1) is 0 Å². The molecule has 3 aromatic rings. The van der Waals surface area contributed by atoms with Gasteiger partial charge in [0.25, 0.3) is 0 Å². The van der Waals surface area contributed by atoms with Gasteiger partial charge in [-0.25, -0.2) is 0 Å². The van der Waals surface area contributed by atoms with Crippen LogP contribution in [0.3, 0.4) is 0 Å². The molecule has 1 fully saturated rings. The maximum Gasteiger partial charge on any atom is 0.227 e. The van der Waals surface area contributed by atoms with E-state index in [-0.39, 0.29) is 11.8 Å². The molecule has 0 unspecified atom stereocenters. The number of anilines is 1. The highest BCUT2D eigenvalue weighted by Crippen LogP contribution is 2.22. The van der Waals surface area contributed by atoms with E-state index in [1.54, 1.807) is 6.92 Å². The van der Waals surface area contributed by atoms with E-state index in [0.717, 1.165) is 50.3 Å². The highest BCUT2D eigenvalue weighted by molar-refractivity contribution is 5.93. The summed E-state index contributed by atoms with van der Waals surface area (Å²) in [5.74, 6) is 0.387. The molecule has 0 radical (unpaired) electrons. The van der Waals surface area contributed by atoms with Crippen LogP contribution < -0.4 is 4.90 Å². The van der Waals surface area contributed by atoms with E-state index in [4.69, 9.17) is 0 Å². The molecule has 190 valence electrons. The van der Waals surface area contributed by atoms with Crippen LogP contribution in [-0.2, 0) is 16.1 Å². The van der Waals surface area contributed by atoms with Gasteiger partial charge in [0.1, 0.15) is 0 Å². The van der Waals surface area contributed by atoms with Crippen molar-refractivity contribution in [3.8, 4) is 11.1 Å². The quantitative estimate of drug-likeness (QED) is 0.421. The van der Waals surface area contributed by atoms with Crippen molar-refractivity contribution < 1.29 is 9.59 Å². The second-order valence-corrected chi connectivity index (χ2v) is 9.29. The number of hydrogen-bond donors (Lipinski definition) is 0. The van der Waals surface area contributed by atoms with E-state index in [9.17, 15) is 9.59 Å². The minimum atomic E-state index is 0.185. The topological polar surface area (TPSA) is 43.9 Å². The summed E-state index contributed by atoms with van der Waals surface area (Å²) in [6.07, 6.45) is 2.54. The lowest BCUT2D eigenvalue weighted by Crippen LogP contribution is -2.46. The number of para-hydroxylation sites is 1. The molecule has 1 aliphatic rings. The number of hydrogen-bond acceptors (Lipinski definition) is 3. The lowest BCUT2D eigenvalue weighted by atomic mass is 10.0. The number of amides is 2. The fourth-order valence-corrected chi connectivity index (χ4v) is 4.13. The Labute approximate surface area is 216 Å². The molecule has 5 nitrogen and oxygen atoms in total. The van der Waals surface area contributed by atoms with Gasteiger partial charge in [-0.1, -0.05) is 86.1 Å². The third-order valence-electron chi connectivity index (χ3n) is 6.46. The first-order chi connectivity index (χ1) is 17.5. The van der Waals surface area contributed by atoms with Crippen LogP contribution in [-0.4, -0.2) is 54.8 Å². The van der Waals surface area contributed by atoms with Crippen molar-refractivity contribution >= 4 is 17.5 Å². The monoisotopic (exact) mass is 485 g/mol. The van der Waals surface area contributed by atoms with E-state index in [1.165, 1.54) is 11.1 Å². The number of benzene rings is 3. The van der Waals surface area contributed by atoms with Crippen LogP contribution in [0.15, 0.2) is 84.9 Å². The first kappa shape index (κ1) is 27.2. The summed E-state index contributed by atoms with van der Waals surface area (Å²) in [4.78, 5) is 29.6. The molecular weight excluding hydrogens is 446 g/mol. The summed E-state index contributed by atoms with van der Waals surface area (Å²) < 4.78 is 0. The summed E-state index contributed by atoms with van der Waals surface area (Å²) >= 11 is 0. The fourth-order valence-electron chi connectivity index (χ4n) is 4.13. The summed E-state index contributed by atoms with van der Waals surface area (Å²) in [5, 5.41) is 0. The maximum absolute atomic E-state index is 12.7. The summed E-state index contributed by atoms with van der Waals surface area (Å²) in [6.45, 7) is 8.16. The molecule has 0 saturated carbocycles. The fraction of sp³-hybridized carbons (Fsp3) is 0.355. The van der Waals surface area contributed by atoms with Gasteiger partial charge in [0.05, 0.1) is 6.54 Å². The molecule has 0 bridgehead atoms. The first-order valence-electron chi connectivity index (χ1n) is 12.9. The van der Waals surface area contributed by atoms with E-state index in [1.807, 2.05) is 58.3 Å². The Bertz CT molecular complexity index is 1060. The van der Waals surface area contributed by atoms with Crippen LogP contribution in [0.5, 0.6) is 0 Å². The zero-order chi connectivity index (χ0) is 25.8. The molecule has 2 amide bonds. The number of unbranched alkanes of at least 4 members (excludes halogenated alkanes) is 1. The zero-order valence-corrected chi connectivity index (χ0v) is 21.9. The lowest BCUT2D eigenvalue weighted by Gasteiger charge is -2.31. The Morgan fingerprint density at radius 3 is 1.89 bits per heavy atom. The Kier molecular flexibility index (Phi) is 10.7. The minimum absolute atomic E-state index is 0.185. The maximum atomic E-state index is 12.7. The molecule has 0 aliphatic carbocycles. The molecule has 3 aromatic carbocycles. The molecule has 4 rings (SSSR count). The SMILES string of the molecule is CC(=O)N1CCN(C)CC1.CCCCC(=O)N(Cc1ccc(-c2ccccc2)cc1)c1ccccc1.